The van der Waals surface area contributed by atoms with Gasteiger partial charge in [0.15, 0.2) is 9.84 Å². The van der Waals surface area contributed by atoms with E-state index in [-0.39, 0.29) is 16.6 Å². The van der Waals surface area contributed by atoms with Gasteiger partial charge in [0.2, 0.25) is 0 Å². The zero-order valence-electron chi connectivity index (χ0n) is 9.81. The fourth-order valence-corrected chi connectivity index (χ4v) is 2.86. The van der Waals surface area contributed by atoms with Crippen LogP contribution in [0.2, 0.25) is 0 Å². The van der Waals surface area contributed by atoms with Crippen molar-refractivity contribution in [1.29, 1.82) is 0 Å². The summed E-state index contributed by atoms with van der Waals surface area (Å²) in [7, 11) is -3.21. The van der Waals surface area contributed by atoms with Crippen LogP contribution >= 0.6 is 0 Å². The largest absolute Gasteiger partial charge is 0.508 e. The number of aromatic hydroxyl groups is 1. The van der Waals surface area contributed by atoms with Gasteiger partial charge in [-0.15, -0.1) is 0 Å². The van der Waals surface area contributed by atoms with Crippen LogP contribution < -0.4 is 5.32 Å². The van der Waals surface area contributed by atoms with Gasteiger partial charge in [-0.2, -0.15) is 0 Å². The third-order valence-electron chi connectivity index (χ3n) is 3.16. The molecule has 5 heteroatoms. The molecule has 1 atom stereocenters. The number of hydrogen-bond donors (Lipinski definition) is 2. The molecule has 1 aliphatic heterocycles. The summed E-state index contributed by atoms with van der Waals surface area (Å²) in [6, 6.07) is 4.52. The van der Waals surface area contributed by atoms with Crippen molar-refractivity contribution in [2.24, 2.45) is 0 Å². The number of phenols is 1. The quantitative estimate of drug-likeness (QED) is 0.835. The monoisotopic (exact) mass is 255 g/mol. The molecule has 0 spiro atoms. The molecule has 94 valence electrons. The first-order valence-corrected chi connectivity index (χ1v) is 7.61. The van der Waals surface area contributed by atoms with E-state index in [2.05, 4.69) is 5.32 Å². The van der Waals surface area contributed by atoms with E-state index < -0.39 is 9.84 Å². The van der Waals surface area contributed by atoms with Crippen LogP contribution in [0.15, 0.2) is 23.1 Å². The Hall–Kier alpha value is -1.07. The van der Waals surface area contributed by atoms with Crippen molar-refractivity contribution in [1.82, 2.24) is 5.32 Å². The summed E-state index contributed by atoms with van der Waals surface area (Å²) in [5.74, 6) is 0.386. The fraction of sp³-hybridized carbons (Fsp3) is 0.500. The summed E-state index contributed by atoms with van der Waals surface area (Å²) in [6.07, 6.45) is 3.21. The summed E-state index contributed by atoms with van der Waals surface area (Å²) in [5.41, 5.74) is 0.736. The van der Waals surface area contributed by atoms with Crippen LogP contribution in [0.4, 0.5) is 0 Å². The van der Waals surface area contributed by atoms with Crippen molar-refractivity contribution >= 4 is 9.84 Å². The molecule has 1 fully saturated rings. The van der Waals surface area contributed by atoms with Crippen LogP contribution in [0, 0.1) is 0 Å². The maximum absolute atomic E-state index is 11.5. The third kappa shape index (κ3) is 2.79. The molecule has 2 rings (SSSR count). The van der Waals surface area contributed by atoms with Gasteiger partial charge in [-0.05, 0) is 43.1 Å². The number of rotatable bonds is 2. The van der Waals surface area contributed by atoms with E-state index in [9.17, 15) is 13.5 Å². The highest BCUT2D eigenvalue weighted by molar-refractivity contribution is 7.90. The lowest BCUT2D eigenvalue weighted by Gasteiger charge is -2.24. The Kier molecular flexibility index (Phi) is 3.40. The van der Waals surface area contributed by atoms with Crippen LogP contribution in [0.25, 0.3) is 0 Å². The second kappa shape index (κ2) is 4.66. The highest BCUT2D eigenvalue weighted by Crippen LogP contribution is 2.32. The summed E-state index contributed by atoms with van der Waals surface area (Å²) < 4.78 is 23.0. The first kappa shape index (κ1) is 12.4. The second-order valence-electron chi connectivity index (χ2n) is 4.54. The number of phenolic OH excluding ortho intramolecular Hbond substituents is 1. The summed E-state index contributed by atoms with van der Waals surface area (Å²) in [4.78, 5) is 0.274. The predicted octanol–water partition coefficient (Wildman–Crippen LogP) is 1.26. The molecule has 1 aromatic carbocycles. The van der Waals surface area contributed by atoms with Gasteiger partial charge < -0.3 is 10.4 Å². The molecular formula is C12H17NO3S. The van der Waals surface area contributed by atoms with E-state index in [1.54, 1.807) is 6.07 Å². The highest BCUT2D eigenvalue weighted by atomic mass is 32.2. The molecule has 4 nitrogen and oxygen atoms in total. The number of benzene rings is 1. The van der Waals surface area contributed by atoms with Crippen LogP contribution in [0.5, 0.6) is 5.75 Å². The van der Waals surface area contributed by atoms with Gasteiger partial charge in [0.05, 0.1) is 4.90 Å². The second-order valence-corrected chi connectivity index (χ2v) is 6.55. The Bertz CT molecular complexity index is 504. The van der Waals surface area contributed by atoms with Gasteiger partial charge in [-0.3, -0.25) is 0 Å². The van der Waals surface area contributed by atoms with E-state index in [1.807, 2.05) is 0 Å². The standard InChI is InChI=1S/C12H17NO3S/c1-17(15,16)10-4-5-12(14)11(7-10)9-3-2-6-13-8-9/h4-5,7,9,13-14H,2-3,6,8H2,1H3. The first-order valence-electron chi connectivity index (χ1n) is 5.72. The van der Waals surface area contributed by atoms with E-state index in [4.69, 9.17) is 0 Å². The average Bonchev–Trinajstić information content (AvgIpc) is 2.29. The van der Waals surface area contributed by atoms with Crippen molar-refractivity contribution in [2.45, 2.75) is 23.7 Å². The minimum absolute atomic E-state index is 0.186. The molecule has 0 saturated carbocycles. The van der Waals surface area contributed by atoms with Crippen LogP contribution in [0.3, 0.4) is 0 Å². The predicted molar refractivity (Wildman–Crippen MR) is 66.1 cm³/mol. The zero-order chi connectivity index (χ0) is 12.5. The molecule has 2 N–H and O–H groups in total. The van der Waals surface area contributed by atoms with Crippen molar-refractivity contribution in [3.63, 3.8) is 0 Å². The lowest BCUT2D eigenvalue weighted by atomic mass is 9.91. The van der Waals surface area contributed by atoms with Crippen molar-refractivity contribution in [2.75, 3.05) is 19.3 Å². The molecule has 1 unspecified atom stereocenters. The molecule has 1 saturated heterocycles. The van der Waals surface area contributed by atoms with Crippen LogP contribution in [-0.2, 0) is 9.84 Å². The van der Waals surface area contributed by atoms with Crippen molar-refractivity contribution < 1.29 is 13.5 Å². The molecule has 1 aliphatic rings. The van der Waals surface area contributed by atoms with Crippen molar-refractivity contribution in [3.05, 3.63) is 23.8 Å². The SMILES string of the molecule is CS(=O)(=O)c1ccc(O)c(C2CCCNC2)c1. The molecule has 1 aromatic rings. The molecule has 0 bridgehead atoms. The van der Waals surface area contributed by atoms with Gasteiger partial charge in [0.25, 0.3) is 0 Å². The first-order chi connectivity index (χ1) is 7.98. The fourth-order valence-electron chi connectivity index (χ4n) is 2.21. The highest BCUT2D eigenvalue weighted by Gasteiger charge is 2.20. The molecular weight excluding hydrogens is 238 g/mol. The Morgan fingerprint density at radius 3 is 2.76 bits per heavy atom. The molecule has 0 amide bonds. The molecule has 1 heterocycles. The molecule has 17 heavy (non-hydrogen) atoms. The number of hydrogen-bond acceptors (Lipinski definition) is 4. The Balaban J connectivity index is 2.38. The van der Waals surface area contributed by atoms with E-state index in [1.165, 1.54) is 18.4 Å². The molecule has 0 aromatic heterocycles. The molecule has 0 aliphatic carbocycles. The van der Waals surface area contributed by atoms with E-state index in [0.29, 0.717) is 0 Å². The number of sulfone groups is 1. The van der Waals surface area contributed by atoms with E-state index in [0.717, 1.165) is 31.5 Å². The molecule has 0 radical (unpaired) electrons. The van der Waals surface area contributed by atoms with Crippen LogP contribution in [-0.4, -0.2) is 32.9 Å². The van der Waals surface area contributed by atoms with Gasteiger partial charge in [-0.1, -0.05) is 0 Å². The minimum atomic E-state index is -3.21. The summed E-state index contributed by atoms with van der Waals surface area (Å²) in [5, 5.41) is 13.1. The average molecular weight is 255 g/mol. The van der Waals surface area contributed by atoms with Gasteiger partial charge in [-0.25, -0.2) is 8.42 Å². The normalized spacial score (nSPS) is 21.4. The van der Waals surface area contributed by atoms with E-state index >= 15 is 0 Å². The summed E-state index contributed by atoms with van der Waals surface area (Å²) >= 11 is 0. The minimum Gasteiger partial charge on any atom is -0.508 e. The number of nitrogens with one attached hydrogen (secondary N) is 1. The van der Waals surface area contributed by atoms with Gasteiger partial charge >= 0.3 is 0 Å². The Morgan fingerprint density at radius 1 is 1.41 bits per heavy atom. The smallest absolute Gasteiger partial charge is 0.175 e. The van der Waals surface area contributed by atoms with Gasteiger partial charge in [0.1, 0.15) is 5.75 Å². The Labute approximate surface area is 102 Å². The number of piperidine rings is 1. The lowest BCUT2D eigenvalue weighted by molar-refractivity contribution is 0.424. The Morgan fingerprint density at radius 2 is 2.18 bits per heavy atom. The van der Waals surface area contributed by atoms with Crippen molar-refractivity contribution in [3.8, 4) is 5.75 Å². The van der Waals surface area contributed by atoms with Gasteiger partial charge in [0, 0.05) is 18.7 Å². The topological polar surface area (TPSA) is 66.4 Å². The summed E-state index contributed by atoms with van der Waals surface area (Å²) in [6.45, 7) is 1.78. The third-order valence-corrected chi connectivity index (χ3v) is 4.27. The maximum atomic E-state index is 11.5. The van der Waals surface area contributed by atoms with Crippen LogP contribution in [0.1, 0.15) is 24.3 Å². The zero-order valence-corrected chi connectivity index (χ0v) is 10.6. The lowest BCUT2D eigenvalue weighted by Crippen LogP contribution is -2.28. The maximum Gasteiger partial charge on any atom is 0.175 e.